The van der Waals surface area contributed by atoms with Gasteiger partial charge < -0.3 is 10.1 Å². The van der Waals surface area contributed by atoms with Crippen molar-refractivity contribution in [1.29, 1.82) is 0 Å². The normalized spacial score (nSPS) is 10.4. The Morgan fingerprint density at radius 3 is 2.69 bits per heavy atom. The lowest BCUT2D eigenvalue weighted by molar-refractivity contribution is 0.0975. The Balaban J connectivity index is 1.86. The zero-order valence-corrected chi connectivity index (χ0v) is 16.6. The van der Waals surface area contributed by atoms with Gasteiger partial charge in [0, 0.05) is 5.69 Å². The van der Waals surface area contributed by atoms with Gasteiger partial charge in [0.2, 0.25) is 0 Å². The number of fused-ring (bicyclic) bond motifs is 1. The van der Waals surface area contributed by atoms with Crippen molar-refractivity contribution in [3.63, 3.8) is 0 Å². The second-order valence-electron chi connectivity index (χ2n) is 5.56. The summed E-state index contributed by atoms with van der Waals surface area (Å²) in [6.45, 7) is 1.88. The molecule has 0 aliphatic rings. The Hall–Kier alpha value is -2.51. The third-order valence-electron chi connectivity index (χ3n) is 3.75. The number of anilines is 1. The van der Waals surface area contributed by atoms with Crippen LogP contribution in [-0.2, 0) is 0 Å². The zero-order chi connectivity index (χ0) is 18.7. The Morgan fingerprint density at radius 2 is 1.96 bits per heavy atom. The molecular formula is C19H16BrN3O2S. The maximum absolute atomic E-state index is 12.7. The first-order valence-electron chi connectivity index (χ1n) is 7.81. The van der Waals surface area contributed by atoms with E-state index < -0.39 is 0 Å². The lowest BCUT2D eigenvalue weighted by atomic mass is 10.1. The maximum atomic E-state index is 12.7. The number of amides is 1. The minimum atomic E-state index is -0.363. The van der Waals surface area contributed by atoms with Crippen molar-refractivity contribution >= 4 is 55.8 Å². The lowest BCUT2D eigenvalue weighted by Crippen LogP contribution is -2.34. The van der Waals surface area contributed by atoms with E-state index in [2.05, 4.69) is 31.5 Å². The van der Waals surface area contributed by atoms with Crippen molar-refractivity contribution in [2.24, 2.45) is 0 Å². The SMILES string of the molecule is COc1c(C(=O)NC(=S)Nc2cccc(C)n2)cc2ccccc2c1Br. The number of thiocarbonyl (C=S) groups is 1. The average molecular weight is 430 g/mol. The second kappa shape index (κ2) is 7.80. The summed E-state index contributed by atoms with van der Waals surface area (Å²) in [6, 6.07) is 15.0. The molecule has 2 N–H and O–H groups in total. The third-order valence-corrected chi connectivity index (χ3v) is 4.74. The molecule has 26 heavy (non-hydrogen) atoms. The van der Waals surface area contributed by atoms with Crippen LogP contribution in [0.15, 0.2) is 53.0 Å². The molecule has 0 atom stereocenters. The molecular weight excluding hydrogens is 414 g/mol. The highest BCUT2D eigenvalue weighted by molar-refractivity contribution is 9.10. The fourth-order valence-electron chi connectivity index (χ4n) is 2.58. The first-order valence-corrected chi connectivity index (χ1v) is 9.01. The van der Waals surface area contributed by atoms with Crippen molar-refractivity contribution in [1.82, 2.24) is 10.3 Å². The molecule has 1 heterocycles. The molecule has 0 aliphatic heterocycles. The van der Waals surface area contributed by atoms with E-state index in [4.69, 9.17) is 17.0 Å². The van der Waals surface area contributed by atoms with Crippen LogP contribution in [0.2, 0.25) is 0 Å². The fourth-order valence-corrected chi connectivity index (χ4v) is 3.52. The van der Waals surface area contributed by atoms with E-state index in [1.54, 1.807) is 12.1 Å². The number of halogens is 1. The number of methoxy groups -OCH3 is 1. The number of hydrogen-bond acceptors (Lipinski definition) is 4. The Kier molecular flexibility index (Phi) is 5.49. The van der Waals surface area contributed by atoms with E-state index in [0.29, 0.717) is 17.1 Å². The van der Waals surface area contributed by atoms with E-state index >= 15 is 0 Å². The molecule has 0 aliphatic carbocycles. The molecule has 1 amide bonds. The summed E-state index contributed by atoms with van der Waals surface area (Å²) >= 11 is 8.75. The van der Waals surface area contributed by atoms with Crippen LogP contribution in [-0.4, -0.2) is 23.1 Å². The lowest BCUT2D eigenvalue weighted by Gasteiger charge is -2.14. The van der Waals surface area contributed by atoms with Crippen LogP contribution >= 0.6 is 28.1 Å². The number of hydrogen-bond donors (Lipinski definition) is 2. The molecule has 0 fully saturated rings. The Labute approximate surface area is 164 Å². The molecule has 1 aromatic heterocycles. The highest BCUT2D eigenvalue weighted by Crippen LogP contribution is 2.36. The van der Waals surface area contributed by atoms with Crippen LogP contribution in [0, 0.1) is 6.92 Å². The van der Waals surface area contributed by atoms with Gasteiger partial charge in [-0.3, -0.25) is 10.1 Å². The van der Waals surface area contributed by atoms with Gasteiger partial charge in [0.15, 0.2) is 5.11 Å². The van der Waals surface area contributed by atoms with Gasteiger partial charge in [-0.15, -0.1) is 0 Å². The van der Waals surface area contributed by atoms with Crippen LogP contribution < -0.4 is 15.4 Å². The molecule has 0 unspecified atom stereocenters. The summed E-state index contributed by atoms with van der Waals surface area (Å²) in [5.41, 5.74) is 1.24. The quantitative estimate of drug-likeness (QED) is 0.602. The third kappa shape index (κ3) is 3.84. The summed E-state index contributed by atoms with van der Waals surface area (Å²) in [6.07, 6.45) is 0. The van der Waals surface area contributed by atoms with Gasteiger partial charge in [-0.1, -0.05) is 30.3 Å². The van der Waals surface area contributed by atoms with Crippen LogP contribution in [0.1, 0.15) is 16.1 Å². The average Bonchev–Trinajstić information content (AvgIpc) is 2.61. The smallest absolute Gasteiger partial charge is 0.261 e. The number of aryl methyl sites for hydroxylation is 1. The molecule has 0 saturated heterocycles. The second-order valence-corrected chi connectivity index (χ2v) is 6.77. The first kappa shape index (κ1) is 18.3. The van der Waals surface area contributed by atoms with Crippen LogP contribution in [0.4, 0.5) is 5.82 Å². The molecule has 7 heteroatoms. The van der Waals surface area contributed by atoms with Crippen molar-refractivity contribution in [2.75, 3.05) is 12.4 Å². The van der Waals surface area contributed by atoms with Gasteiger partial charge in [0.1, 0.15) is 11.6 Å². The van der Waals surface area contributed by atoms with Gasteiger partial charge in [-0.25, -0.2) is 4.98 Å². The van der Waals surface area contributed by atoms with E-state index in [9.17, 15) is 4.79 Å². The number of pyridine rings is 1. The van der Waals surface area contributed by atoms with E-state index in [1.165, 1.54) is 7.11 Å². The minimum absolute atomic E-state index is 0.166. The van der Waals surface area contributed by atoms with Crippen LogP contribution in [0.3, 0.4) is 0 Å². The standard InChI is InChI=1S/C19H16BrN3O2S/c1-11-6-5-9-15(21-11)22-19(26)23-18(24)14-10-12-7-3-4-8-13(12)16(20)17(14)25-2/h3-10H,1-2H3,(H2,21,22,23,24,26). The zero-order valence-electron chi connectivity index (χ0n) is 14.2. The van der Waals surface area contributed by atoms with Gasteiger partial charge in [0.25, 0.3) is 5.91 Å². The van der Waals surface area contributed by atoms with Crippen molar-refractivity contribution in [3.05, 3.63) is 64.3 Å². The summed E-state index contributed by atoms with van der Waals surface area (Å²) in [5, 5.41) is 7.63. The van der Waals surface area contributed by atoms with Gasteiger partial charge >= 0.3 is 0 Å². The van der Waals surface area contributed by atoms with E-state index in [0.717, 1.165) is 20.9 Å². The molecule has 0 saturated carbocycles. The highest BCUT2D eigenvalue weighted by Gasteiger charge is 2.19. The number of nitrogens with one attached hydrogen (secondary N) is 2. The number of benzene rings is 2. The topological polar surface area (TPSA) is 63.2 Å². The summed E-state index contributed by atoms with van der Waals surface area (Å²) in [5.74, 6) is 0.665. The highest BCUT2D eigenvalue weighted by atomic mass is 79.9. The fraction of sp³-hybridized carbons (Fsp3) is 0.105. The number of nitrogens with zero attached hydrogens (tertiary/aromatic N) is 1. The van der Waals surface area contributed by atoms with Crippen molar-refractivity contribution in [3.8, 4) is 5.75 Å². The summed E-state index contributed by atoms with van der Waals surface area (Å²) < 4.78 is 6.16. The molecule has 0 bridgehead atoms. The van der Waals surface area contributed by atoms with Crippen molar-refractivity contribution < 1.29 is 9.53 Å². The number of rotatable bonds is 3. The van der Waals surface area contributed by atoms with Crippen molar-refractivity contribution in [2.45, 2.75) is 6.92 Å². The molecule has 5 nitrogen and oxygen atoms in total. The predicted octanol–water partition coefficient (Wildman–Crippen LogP) is 4.44. The van der Waals surface area contributed by atoms with Gasteiger partial charge in [0.05, 0.1) is 17.1 Å². The van der Waals surface area contributed by atoms with Crippen LogP contribution in [0.25, 0.3) is 10.8 Å². The molecule has 2 aromatic carbocycles. The van der Waals surface area contributed by atoms with Crippen LogP contribution in [0.5, 0.6) is 5.75 Å². The minimum Gasteiger partial charge on any atom is -0.495 e. The monoisotopic (exact) mass is 429 g/mol. The number of carbonyl (C=O) groups excluding carboxylic acids is 1. The van der Waals surface area contributed by atoms with E-state index in [1.807, 2.05) is 43.3 Å². The molecule has 0 spiro atoms. The molecule has 3 aromatic rings. The Morgan fingerprint density at radius 1 is 1.19 bits per heavy atom. The summed E-state index contributed by atoms with van der Waals surface area (Å²) in [4.78, 5) is 17.0. The summed E-state index contributed by atoms with van der Waals surface area (Å²) in [7, 11) is 1.53. The molecule has 0 radical (unpaired) electrons. The van der Waals surface area contributed by atoms with Gasteiger partial charge in [-0.2, -0.15) is 0 Å². The number of ether oxygens (including phenoxy) is 1. The molecule has 3 rings (SSSR count). The largest absolute Gasteiger partial charge is 0.495 e. The van der Waals surface area contributed by atoms with E-state index in [-0.39, 0.29) is 11.0 Å². The maximum Gasteiger partial charge on any atom is 0.261 e. The van der Waals surface area contributed by atoms with Gasteiger partial charge in [-0.05, 0) is 64.0 Å². The Bertz CT molecular complexity index is 1010. The predicted molar refractivity (Wildman–Crippen MR) is 111 cm³/mol. The number of carbonyl (C=O) groups is 1. The number of aromatic nitrogens is 1. The first-order chi connectivity index (χ1) is 12.5. The molecule has 132 valence electrons.